The maximum Gasteiger partial charge on any atom is 0.261 e. The van der Waals surface area contributed by atoms with E-state index in [4.69, 9.17) is 0 Å². The van der Waals surface area contributed by atoms with Crippen LogP contribution in [-0.2, 0) is 24.9 Å². The maximum absolute atomic E-state index is 13.2. The predicted octanol–water partition coefficient (Wildman–Crippen LogP) is 2.83. The summed E-state index contributed by atoms with van der Waals surface area (Å²) in [5.74, 6) is 1.51. The molecule has 31 heavy (non-hydrogen) atoms. The van der Waals surface area contributed by atoms with Gasteiger partial charge in [0.1, 0.15) is 5.82 Å². The summed E-state index contributed by atoms with van der Waals surface area (Å²) in [6, 6.07) is 12.1. The van der Waals surface area contributed by atoms with Crippen LogP contribution in [0.2, 0.25) is 0 Å². The Balaban J connectivity index is 1.35. The van der Waals surface area contributed by atoms with E-state index < -0.39 is 0 Å². The number of hydrogen-bond acceptors (Lipinski definition) is 4. The minimum Gasteiger partial charge on any atom is -0.334 e. The number of pyridine rings is 1. The summed E-state index contributed by atoms with van der Waals surface area (Å²) in [7, 11) is 1.92. The zero-order valence-corrected chi connectivity index (χ0v) is 17.9. The van der Waals surface area contributed by atoms with E-state index >= 15 is 0 Å². The molecule has 7 nitrogen and oxygen atoms in total. The summed E-state index contributed by atoms with van der Waals surface area (Å²) in [6.45, 7) is 5.10. The van der Waals surface area contributed by atoms with Gasteiger partial charge in [-0.2, -0.15) is 0 Å². The van der Waals surface area contributed by atoms with Gasteiger partial charge < -0.3 is 14.5 Å². The van der Waals surface area contributed by atoms with E-state index in [1.807, 2.05) is 40.6 Å². The fourth-order valence-corrected chi connectivity index (χ4v) is 5.12. The lowest BCUT2D eigenvalue weighted by Gasteiger charge is -2.43. The Labute approximate surface area is 181 Å². The fraction of sp³-hybridized carbons (Fsp3) is 0.375. The van der Waals surface area contributed by atoms with E-state index in [1.165, 1.54) is 12.5 Å². The zero-order valence-electron chi connectivity index (χ0n) is 17.9. The fourth-order valence-electron chi connectivity index (χ4n) is 5.12. The Morgan fingerprint density at radius 2 is 1.94 bits per heavy atom. The summed E-state index contributed by atoms with van der Waals surface area (Å²) in [4.78, 5) is 31.3. The van der Waals surface area contributed by atoms with Crippen LogP contribution in [0.5, 0.6) is 0 Å². The number of hydrogen-bond donors (Lipinski definition) is 1. The van der Waals surface area contributed by atoms with Crippen LogP contribution in [0.15, 0.2) is 53.6 Å². The topological polar surface area (TPSA) is 72.2 Å². The second-order valence-electron chi connectivity index (χ2n) is 8.82. The van der Waals surface area contributed by atoms with Gasteiger partial charge in [0.2, 0.25) is 5.91 Å². The Kier molecular flexibility index (Phi) is 4.98. The molecule has 3 aromatic rings. The predicted molar refractivity (Wildman–Crippen MR) is 120 cm³/mol. The minimum absolute atomic E-state index is 0.0587. The molecular formula is C24H27N5O2. The number of aryl methyl sites for hydroxylation is 1. The number of aromatic nitrogens is 3. The molecule has 0 unspecified atom stereocenters. The third kappa shape index (κ3) is 3.81. The van der Waals surface area contributed by atoms with Crippen molar-refractivity contribution in [1.29, 1.82) is 0 Å². The molecule has 5 rings (SSSR count). The highest BCUT2D eigenvalue weighted by Crippen LogP contribution is 2.36. The largest absolute Gasteiger partial charge is 0.334 e. The molecule has 1 aromatic carbocycles. The Bertz CT molecular complexity index is 1180. The van der Waals surface area contributed by atoms with Crippen molar-refractivity contribution >= 4 is 11.6 Å². The lowest BCUT2D eigenvalue weighted by atomic mass is 9.82. The molecule has 2 aromatic heterocycles. The molecule has 4 heterocycles. The van der Waals surface area contributed by atoms with Crippen molar-refractivity contribution in [2.24, 2.45) is 13.0 Å². The number of rotatable bonds is 4. The summed E-state index contributed by atoms with van der Waals surface area (Å²) in [5, 5.41) is 2.81. The van der Waals surface area contributed by atoms with Gasteiger partial charge in [0.05, 0.1) is 5.56 Å². The standard InChI is InChI=1S/C24H27N5O2/c1-16(30)26-20-5-3-17(4-6-20)12-28-13-18-11-19(15-28)22-8-7-21(24(31)29(22)14-18)23-25-9-10-27(23)2/h3-10,18-19H,11-15H2,1-2H3,(H,26,30)/t18-,19+/m0/s1. The van der Waals surface area contributed by atoms with Gasteiger partial charge in [-0.15, -0.1) is 0 Å². The molecule has 2 atom stereocenters. The Morgan fingerprint density at radius 1 is 1.13 bits per heavy atom. The molecule has 2 aliphatic rings. The van der Waals surface area contributed by atoms with Crippen LogP contribution in [0.25, 0.3) is 11.4 Å². The van der Waals surface area contributed by atoms with E-state index in [0.29, 0.717) is 17.4 Å². The smallest absolute Gasteiger partial charge is 0.261 e. The van der Waals surface area contributed by atoms with Gasteiger partial charge >= 0.3 is 0 Å². The van der Waals surface area contributed by atoms with Crippen molar-refractivity contribution in [3.63, 3.8) is 0 Å². The average molecular weight is 418 g/mol. The molecular weight excluding hydrogens is 390 g/mol. The van der Waals surface area contributed by atoms with Crippen molar-refractivity contribution in [3.8, 4) is 11.4 Å². The van der Waals surface area contributed by atoms with Crippen LogP contribution in [0.3, 0.4) is 0 Å². The number of carbonyl (C=O) groups is 1. The van der Waals surface area contributed by atoms with E-state index in [2.05, 4.69) is 33.4 Å². The number of amides is 1. The number of fused-ring (bicyclic) bond motifs is 4. The first-order valence-corrected chi connectivity index (χ1v) is 10.8. The molecule has 0 saturated carbocycles. The molecule has 0 spiro atoms. The third-order valence-corrected chi connectivity index (χ3v) is 6.42. The molecule has 1 fully saturated rings. The number of benzene rings is 1. The van der Waals surface area contributed by atoms with Gasteiger partial charge in [0.15, 0.2) is 0 Å². The number of nitrogens with one attached hydrogen (secondary N) is 1. The molecule has 7 heteroatoms. The van der Waals surface area contributed by atoms with Crippen molar-refractivity contribution in [1.82, 2.24) is 19.0 Å². The monoisotopic (exact) mass is 417 g/mol. The lowest BCUT2D eigenvalue weighted by molar-refractivity contribution is -0.114. The first kappa shape index (κ1) is 19.8. The van der Waals surface area contributed by atoms with Gasteiger partial charge in [0.25, 0.3) is 5.56 Å². The summed E-state index contributed by atoms with van der Waals surface area (Å²) < 4.78 is 3.88. The number of likely N-dealkylation sites (tertiary alicyclic amines) is 1. The van der Waals surface area contributed by atoms with Crippen LogP contribution >= 0.6 is 0 Å². The number of anilines is 1. The van der Waals surface area contributed by atoms with E-state index in [9.17, 15) is 9.59 Å². The first-order valence-electron chi connectivity index (χ1n) is 10.8. The van der Waals surface area contributed by atoms with Crippen molar-refractivity contribution < 1.29 is 4.79 Å². The molecule has 160 valence electrons. The highest BCUT2D eigenvalue weighted by atomic mass is 16.1. The van der Waals surface area contributed by atoms with Gasteiger partial charge in [-0.25, -0.2) is 4.98 Å². The van der Waals surface area contributed by atoms with E-state index in [0.717, 1.165) is 49.8 Å². The number of carbonyl (C=O) groups excluding carboxylic acids is 1. The summed E-state index contributed by atoms with van der Waals surface area (Å²) >= 11 is 0. The van der Waals surface area contributed by atoms with Crippen LogP contribution in [0.1, 0.15) is 30.5 Å². The third-order valence-electron chi connectivity index (χ3n) is 6.42. The number of nitrogens with zero attached hydrogens (tertiary/aromatic N) is 4. The van der Waals surface area contributed by atoms with E-state index in [-0.39, 0.29) is 11.5 Å². The highest BCUT2D eigenvalue weighted by Gasteiger charge is 2.35. The van der Waals surface area contributed by atoms with Gasteiger partial charge in [-0.3, -0.25) is 14.5 Å². The SMILES string of the molecule is CC(=O)Nc1ccc(CN2C[C@@H]3C[C@H](C2)c2ccc(-c4nccn4C)c(=O)n2C3)cc1. The van der Waals surface area contributed by atoms with Crippen molar-refractivity contribution in [3.05, 3.63) is 70.4 Å². The second kappa shape index (κ2) is 7.81. The second-order valence-corrected chi connectivity index (χ2v) is 8.82. The molecule has 2 bridgehead atoms. The normalized spacial score (nSPS) is 20.3. The quantitative estimate of drug-likeness (QED) is 0.709. The highest BCUT2D eigenvalue weighted by molar-refractivity contribution is 5.88. The zero-order chi connectivity index (χ0) is 21.5. The minimum atomic E-state index is -0.0587. The summed E-state index contributed by atoms with van der Waals surface area (Å²) in [5.41, 5.74) is 3.95. The van der Waals surface area contributed by atoms with Crippen molar-refractivity contribution in [2.45, 2.75) is 32.4 Å². The molecule has 1 amide bonds. The lowest BCUT2D eigenvalue weighted by Crippen LogP contribution is -2.47. The van der Waals surface area contributed by atoms with Crippen molar-refractivity contribution in [2.75, 3.05) is 18.4 Å². The van der Waals surface area contributed by atoms with Crippen LogP contribution in [0.4, 0.5) is 5.69 Å². The van der Waals surface area contributed by atoms with Gasteiger partial charge in [-0.05, 0) is 42.2 Å². The van der Waals surface area contributed by atoms with Crippen LogP contribution < -0.4 is 10.9 Å². The Morgan fingerprint density at radius 3 is 2.65 bits per heavy atom. The van der Waals surface area contributed by atoms with Crippen LogP contribution in [0, 0.1) is 5.92 Å². The molecule has 0 radical (unpaired) electrons. The van der Waals surface area contributed by atoms with Gasteiger partial charge in [-0.1, -0.05) is 12.1 Å². The van der Waals surface area contributed by atoms with Crippen LogP contribution in [-0.4, -0.2) is 38.0 Å². The molecule has 1 saturated heterocycles. The Hall–Kier alpha value is -3.19. The average Bonchev–Trinajstić information content (AvgIpc) is 3.15. The summed E-state index contributed by atoms with van der Waals surface area (Å²) in [6.07, 6.45) is 4.74. The molecule has 0 aliphatic carbocycles. The molecule has 2 aliphatic heterocycles. The molecule has 1 N–H and O–H groups in total. The number of imidazole rings is 1. The maximum atomic E-state index is 13.2. The number of piperidine rings is 1. The first-order chi connectivity index (χ1) is 15.0. The van der Waals surface area contributed by atoms with Gasteiger partial charge in [0, 0.05) is 69.8 Å². The van der Waals surface area contributed by atoms with E-state index in [1.54, 1.807) is 6.20 Å².